The van der Waals surface area contributed by atoms with Crippen molar-refractivity contribution in [1.82, 2.24) is 9.97 Å². The molecule has 0 spiro atoms. The van der Waals surface area contributed by atoms with Crippen molar-refractivity contribution in [2.45, 2.75) is 13.0 Å². The molecule has 1 atom stereocenters. The normalized spacial score (nSPS) is 11.7. The number of hydrogen-bond acceptors (Lipinski definition) is 5. The number of aromatic nitrogens is 2. The van der Waals surface area contributed by atoms with Gasteiger partial charge in [-0.05, 0) is 49.4 Å². The molecule has 1 N–H and O–H groups in total. The van der Waals surface area contributed by atoms with Gasteiger partial charge in [0, 0.05) is 22.5 Å². The van der Waals surface area contributed by atoms with Crippen LogP contribution in [0.5, 0.6) is 0 Å². The minimum Gasteiger partial charge on any atom is -0.465 e. The quantitative estimate of drug-likeness (QED) is 0.531. The molecule has 0 bridgehead atoms. The summed E-state index contributed by atoms with van der Waals surface area (Å²) >= 11 is 12.1. The Balaban J connectivity index is 2.05. The largest absolute Gasteiger partial charge is 0.465 e. The summed E-state index contributed by atoms with van der Waals surface area (Å²) in [6.07, 6.45) is 1.44. The fraction of sp³-hybridized carbons (Fsp3) is 0.150. The lowest BCUT2D eigenvalue weighted by molar-refractivity contribution is -0.129. The van der Waals surface area contributed by atoms with Gasteiger partial charge in [0.15, 0.2) is 0 Å². The number of nitrogens with one attached hydrogen (secondary N) is 1. The number of carbonyl (C=O) groups is 1. The minimum absolute atomic E-state index is 0.0339. The Morgan fingerprint density at radius 2 is 1.89 bits per heavy atom. The SMILES string of the molecule is Cc1ncnc(-c2ccc(F)cc2)c1C(COC=O)Nc1ccc(Cl)c(Cl)c1. The molecule has 1 heterocycles. The van der Waals surface area contributed by atoms with E-state index in [0.29, 0.717) is 39.2 Å². The molecule has 0 aliphatic rings. The van der Waals surface area contributed by atoms with E-state index in [1.54, 1.807) is 30.3 Å². The van der Waals surface area contributed by atoms with Crippen molar-refractivity contribution in [3.8, 4) is 11.3 Å². The number of aryl methyl sites for hydroxylation is 1. The van der Waals surface area contributed by atoms with E-state index in [9.17, 15) is 9.18 Å². The second-order valence-electron chi connectivity index (χ2n) is 5.98. The van der Waals surface area contributed by atoms with Crippen molar-refractivity contribution in [3.63, 3.8) is 0 Å². The fourth-order valence-electron chi connectivity index (χ4n) is 2.86. The zero-order valence-electron chi connectivity index (χ0n) is 14.8. The average molecular weight is 420 g/mol. The average Bonchev–Trinajstić information content (AvgIpc) is 2.68. The van der Waals surface area contributed by atoms with E-state index >= 15 is 0 Å². The van der Waals surface area contributed by atoms with Crippen LogP contribution in [0.4, 0.5) is 10.1 Å². The topological polar surface area (TPSA) is 64.1 Å². The second kappa shape index (κ2) is 8.99. The van der Waals surface area contributed by atoms with Crippen LogP contribution in [0.2, 0.25) is 10.0 Å². The van der Waals surface area contributed by atoms with Crippen molar-refractivity contribution >= 4 is 35.4 Å². The highest BCUT2D eigenvalue weighted by molar-refractivity contribution is 6.42. The summed E-state index contributed by atoms with van der Waals surface area (Å²) in [5.41, 5.74) is 3.43. The summed E-state index contributed by atoms with van der Waals surface area (Å²) < 4.78 is 18.4. The molecule has 1 unspecified atom stereocenters. The highest BCUT2D eigenvalue weighted by atomic mass is 35.5. The zero-order valence-corrected chi connectivity index (χ0v) is 16.3. The molecule has 144 valence electrons. The van der Waals surface area contributed by atoms with Crippen LogP contribution in [0.3, 0.4) is 0 Å². The third-order valence-corrected chi connectivity index (χ3v) is 4.88. The molecule has 0 aliphatic heterocycles. The van der Waals surface area contributed by atoms with E-state index < -0.39 is 6.04 Å². The molecule has 0 fully saturated rings. The number of rotatable bonds is 7. The summed E-state index contributed by atoms with van der Waals surface area (Å²) in [6, 6.07) is 10.6. The number of anilines is 1. The third-order valence-electron chi connectivity index (χ3n) is 4.14. The maximum atomic E-state index is 13.3. The lowest BCUT2D eigenvalue weighted by Crippen LogP contribution is -2.20. The molecular formula is C20H16Cl2FN3O2. The van der Waals surface area contributed by atoms with Gasteiger partial charge in [-0.3, -0.25) is 4.79 Å². The van der Waals surface area contributed by atoms with Crippen LogP contribution in [-0.2, 0) is 9.53 Å². The summed E-state index contributed by atoms with van der Waals surface area (Å²) in [6.45, 7) is 2.24. The maximum absolute atomic E-state index is 13.3. The minimum atomic E-state index is -0.469. The molecule has 28 heavy (non-hydrogen) atoms. The predicted octanol–water partition coefficient (Wildman–Crippen LogP) is 5.22. The Morgan fingerprint density at radius 1 is 1.14 bits per heavy atom. The Labute approximate surface area is 171 Å². The second-order valence-corrected chi connectivity index (χ2v) is 6.80. The maximum Gasteiger partial charge on any atom is 0.293 e. The molecule has 0 radical (unpaired) electrons. The number of hydrogen-bond donors (Lipinski definition) is 1. The van der Waals surface area contributed by atoms with Gasteiger partial charge in [-0.2, -0.15) is 0 Å². The summed E-state index contributed by atoms with van der Waals surface area (Å²) in [4.78, 5) is 19.5. The molecule has 0 amide bonds. The van der Waals surface area contributed by atoms with E-state index in [1.165, 1.54) is 18.5 Å². The Morgan fingerprint density at radius 3 is 2.57 bits per heavy atom. The van der Waals surface area contributed by atoms with Crippen molar-refractivity contribution in [2.75, 3.05) is 11.9 Å². The van der Waals surface area contributed by atoms with Crippen LogP contribution in [0.25, 0.3) is 11.3 Å². The first-order chi connectivity index (χ1) is 13.5. The van der Waals surface area contributed by atoms with Gasteiger partial charge in [-0.15, -0.1) is 0 Å². The van der Waals surface area contributed by atoms with Crippen molar-refractivity contribution in [1.29, 1.82) is 0 Å². The highest BCUT2D eigenvalue weighted by Crippen LogP contribution is 2.32. The van der Waals surface area contributed by atoms with Crippen LogP contribution >= 0.6 is 23.2 Å². The highest BCUT2D eigenvalue weighted by Gasteiger charge is 2.22. The molecule has 0 saturated heterocycles. The van der Waals surface area contributed by atoms with Crippen molar-refractivity contribution in [2.24, 2.45) is 0 Å². The van der Waals surface area contributed by atoms with E-state index in [-0.39, 0.29) is 12.4 Å². The molecule has 5 nitrogen and oxygen atoms in total. The molecule has 0 aliphatic carbocycles. The summed E-state index contributed by atoms with van der Waals surface area (Å²) in [5, 5.41) is 4.10. The lowest BCUT2D eigenvalue weighted by atomic mass is 9.98. The van der Waals surface area contributed by atoms with Gasteiger partial charge in [0.25, 0.3) is 6.47 Å². The third kappa shape index (κ3) is 4.58. The lowest BCUT2D eigenvalue weighted by Gasteiger charge is -2.23. The number of halogens is 3. The molecule has 2 aromatic carbocycles. The van der Waals surface area contributed by atoms with Gasteiger partial charge in [-0.1, -0.05) is 23.2 Å². The van der Waals surface area contributed by atoms with Crippen LogP contribution in [-0.4, -0.2) is 23.0 Å². The number of carbonyl (C=O) groups excluding carboxylic acids is 1. The van der Waals surface area contributed by atoms with Gasteiger partial charge in [0.2, 0.25) is 0 Å². The molecule has 8 heteroatoms. The summed E-state index contributed by atoms with van der Waals surface area (Å²) in [5.74, 6) is -0.342. The molecule has 0 saturated carbocycles. The number of benzene rings is 2. The van der Waals surface area contributed by atoms with E-state index in [0.717, 1.165) is 5.56 Å². The Hall–Kier alpha value is -2.70. The van der Waals surface area contributed by atoms with Crippen molar-refractivity contribution < 1.29 is 13.9 Å². The van der Waals surface area contributed by atoms with Gasteiger partial charge in [-0.25, -0.2) is 14.4 Å². The zero-order chi connectivity index (χ0) is 20.1. The van der Waals surface area contributed by atoms with Gasteiger partial charge < -0.3 is 10.1 Å². The summed E-state index contributed by atoms with van der Waals surface area (Å²) in [7, 11) is 0. The molecule has 3 rings (SSSR count). The first kappa shape index (κ1) is 20.0. The Kier molecular flexibility index (Phi) is 6.44. The van der Waals surface area contributed by atoms with E-state index in [2.05, 4.69) is 15.3 Å². The molecule has 1 aromatic heterocycles. The van der Waals surface area contributed by atoms with E-state index in [1.807, 2.05) is 6.92 Å². The number of nitrogens with zero attached hydrogens (tertiary/aromatic N) is 2. The Bertz CT molecular complexity index is 984. The number of ether oxygens (including phenoxy) is 1. The smallest absolute Gasteiger partial charge is 0.293 e. The van der Waals surface area contributed by atoms with Crippen LogP contribution in [0.1, 0.15) is 17.3 Å². The van der Waals surface area contributed by atoms with Gasteiger partial charge in [0.1, 0.15) is 18.8 Å². The first-order valence-electron chi connectivity index (χ1n) is 8.34. The van der Waals surface area contributed by atoms with Gasteiger partial charge in [0.05, 0.1) is 21.8 Å². The molecular weight excluding hydrogens is 404 g/mol. The van der Waals surface area contributed by atoms with Crippen LogP contribution in [0.15, 0.2) is 48.8 Å². The predicted molar refractivity (Wildman–Crippen MR) is 107 cm³/mol. The van der Waals surface area contributed by atoms with Crippen LogP contribution in [0, 0.1) is 12.7 Å². The standard InChI is InChI=1S/C20H16Cl2FN3O2/c1-12-19(20(25-10-24-12)13-2-4-14(23)5-3-13)18(9-28-11-27)26-15-6-7-16(21)17(22)8-15/h2-8,10-11,18,26H,9H2,1H3. The monoisotopic (exact) mass is 419 g/mol. The van der Waals surface area contributed by atoms with Crippen molar-refractivity contribution in [3.05, 3.63) is 75.9 Å². The fourth-order valence-corrected chi connectivity index (χ4v) is 3.16. The van der Waals surface area contributed by atoms with Gasteiger partial charge >= 0.3 is 0 Å². The first-order valence-corrected chi connectivity index (χ1v) is 9.09. The van der Waals surface area contributed by atoms with Crippen LogP contribution < -0.4 is 5.32 Å². The molecule has 3 aromatic rings. The van der Waals surface area contributed by atoms with E-state index in [4.69, 9.17) is 27.9 Å².